The van der Waals surface area contributed by atoms with Crippen molar-refractivity contribution in [2.24, 2.45) is 0 Å². The van der Waals surface area contributed by atoms with Crippen LogP contribution in [0.2, 0.25) is 0 Å². The van der Waals surface area contributed by atoms with Gasteiger partial charge in [0.15, 0.2) is 11.6 Å². The Bertz CT molecular complexity index is 3760. The lowest BCUT2D eigenvalue weighted by Gasteiger charge is -2.23. The summed E-state index contributed by atoms with van der Waals surface area (Å²) in [7, 11) is 3.11. The van der Waals surface area contributed by atoms with Crippen molar-refractivity contribution in [3.63, 3.8) is 0 Å². The van der Waals surface area contributed by atoms with Crippen molar-refractivity contribution in [3.8, 4) is 56.8 Å². The molecule has 8 aromatic rings. The molecule has 4 N–H and O–H groups in total. The Balaban J connectivity index is 0.766. The van der Waals surface area contributed by atoms with Gasteiger partial charge in [-0.2, -0.15) is 0 Å². The number of ketones is 3. The Labute approximate surface area is 521 Å². The molecule has 0 unspecified atom stereocenters. The minimum Gasteiger partial charge on any atom is -0.495 e. The van der Waals surface area contributed by atoms with Crippen LogP contribution < -0.4 is 34.9 Å². The second-order valence-electron chi connectivity index (χ2n) is 22.9. The van der Waals surface area contributed by atoms with Gasteiger partial charge in [-0.05, 0) is 154 Å². The van der Waals surface area contributed by atoms with Crippen molar-refractivity contribution in [2.45, 2.75) is 90.9 Å². The van der Waals surface area contributed by atoms with Crippen molar-refractivity contribution in [3.05, 3.63) is 204 Å². The molecule has 89 heavy (non-hydrogen) atoms. The number of hydrogen-bond acceptors (Lipinski definition) is 13. The Morgan fingerprint density at radius 3 is 1.56 bits per heavy atom. The summed E-state index contributed by atoms with van der Waals surface area (Å²) < 4.78 is 35.1. The number of carboxylic acid groups (broad SMARTS) is 1. The first-order valence-electron chi connectivity index (χ1n) is 30.0. The molecule has 0 atom stereocenters. The number of ether oxygens (including phenoxy) is 6. The second-order valence-corrected chi connectivity index (χ2v) is 22.9. The quantitative estimate of drug-likeness (QED) is 0.0224. The Morgan fingerprint density at radius 1 is 0.449 bits per heavy atom. The summed E-state index contributed by atoms with van der Waals surface area (Å²) in [6.45, 7) is 13.7. The Kier molecular flexibility index (Phi) is 22.7. The van der Waals surface area contributed by atoms with Crippen molar-refractivity contribution in [1.29, 1.82) is 0 Å². The molecule has 15 nitrogen and oxygen atoms in total. The van der Waals surface area contributed by atoms with Crippen molar-refractivity contribution in [1.82, 2.24) is 5.32 Å². The molecule has 0 bridgehead atoms. The average Bonchev–Trinajstić information content (AvgIpc) is 2.43. The van der Waals surface area contributed by atoms with Crippen LogP contribution in [0.4, 0.5) is 22.7 Å². The molecule has 1 amide bonds. The number of benzene rings is 8. The van der Waals surface area contributed by atoms with Gasteiger partial charge >= 0.3 is 5.97 Å². The molecule has 0 heterocycles. The molecule has 0 aliphatic heterocycles. The molecule has 0 aliphatic rings. The van der Waals surface area contributed by atoms with E-state index in [4.69, 9.17) is 28.4 Å². The highest BCUT2D eigenvalue weighted by atomic mass is 16.5. The van der Waals surface area contributed by atoms with Gasteiger partial charge in [-0.1, -0.05) is 120 Å². The summed E-state index contributed by atoms with van der Waals surface area (Å²) in [6, 6.07) is 54.2. The molecular formula is C74H79N3O12. The number of rotatable bonds is 33. The van der Waals surface area contributed by atoms with Gasteiger partial charge in [0, 0.05) is 37.8 Å². The van der Waals surface area contributed by atoms with Crippen molar-refractivity contribution < 1.29 is 57.5 Å². The molecule has 0 saturated heterocycles. The van der Waals surface area contributed by atoms with E-state index in [1.807, 2.05) is 91.0 Å². The molecule has 8 aromatic carbocycles. The Morgan fingerprint density at radius 2 is 0.966 bits per heavy atom. The van der Waals surface area contributed by atoms with Crippen LogP contribution in [0.3, 0.4) is 0 Å². The molecule has 0 aliphatic carbocycles. The van der Waals surface area contributed by atoms with E-state index >= 15 is 0 Å². The van der Waals surface area contributed by atoms with E-state index in [0.717, 1.165) is 40.8 Å². The molecule has 0 radical (unpaired) electrons. The molecule has 0 spiro atoms. The van der Waals surface area contributed by atoms with Gasteiger partial charge in [-0.25, -0.2) is 4.79 Å². The van der Waals surface area contributed by atoms with Crippen LogP contribution >= 0.6 is 0 Å². The number of methoxy groups -OCH3 is 2. The van der Waals surface area contributed by atoms with Crippen LogP contribution in [0.5, 0.6) is 34.5 Å². The maximum atomic E-state index is 13.5. The number of anilines is 4. The van der Waals surface area contributed by atoms with Crippen molar-refractivity contribution >= 4 is 52.0 Å². The smallest absolute Gasteiger partial charge is 0.337 e. The van der Waals surface area contributed by atoms with E-state index in [1.165, 1.54) is 11.1 Å². The van der Waals surface area contributed by atoms with E-state index in [1.54, 1.807) is 74.9 Å². The fourth-order valence-electron chi connectivity index (χ4n) is 9.75. The summed E-state index contributed by atoms with van der Waals surface area (Å²) >= 11 is 0. The zero-order valence-electron chi connectivity index (χ0n) is 52.0. The standard InChI is InChI=1S/C74H79N3O12/c1-9-73(3,4)54-24-31-58(32-25-54)88-60-17-13-15-49(43-60)50-21-35-63(72(82)83)67(45-50)77-66-37-23-52(47-70(66)85-8)51-22-36-65(69(46-51)84-7)76-64-20-12-11-19-62(64)71(81)75-39-40-86-41-42-87-48-57(79)29-28-56(78)30-38-68(80)53-16-14-18-61(44-53)89-59-33-26-55(27-34-59)74(5,6)10-2/h11-27,31-37,43-47,76-77H,9-10,28-30,38-42,48H2,1-8H3,(H,75,81)(H,82,83). The highest BCUT2D eigenvalue weighted by molar-refractivity contribution is 6.01. The normalized spacial score (nSPS) is 11.3. The number of hydrogen-bond donors (Lipinski definition) is 4. The predicted octanol–water partition coefficient (Wildman–Crippen LogP) is 16.5. The lowest BCUT2D eigenvalue weighted by molar-refractivity contribution is -0.127. The van der Waals surface area contributed by atoms with Crippen LogP contribution in [0.25, 0.3) is 22.3 Å². The lowest BCUT2D eigenvalue weighted by Crippen LogP contribution is -2.28. The number of Topliss-reactive ketones (excluding diaryl/α,β-unsaturated/α-hetero) is 3. The third-order valence-electron chi connectivity index (χ3n) is 16.0. The highest BCUT2D eigenvalue weighted by Gasteiger charge is 2.21. The van der Waals surface area contributed by atoms with Crippen LogP contribution in [-0.4, -0.2) is 81.5 Å². The van der Waals surface area contributed by atoms with E-state index in [2.05, 4.69) is 81.8 Å². The zero-order valence-corrected chi connectivity index (χ0v) is 52.0. The predicted molar refractivity (Wildman–Crippen MR) is 350 cm³/mol. The summed E-state index contributed by atoms with van der Waals surface area (Å²) in [5.41, 5.74) is 8.84. The third kappa shape index (κ3) is 18.0. The first-order chi connectivity index (χ1) is 42.9. The maximum absolute atomic E-state index is 13.5. The van der Waals surface area contributed by atoms with Gasteiger partial charge in [0.1, 0.15) is 46.9 Å². The zero-order chi connectivity index (χ0) is 63.5. The minimum absolute atomic E-state index is 0.0105. The first-order valence-corrected chi connectivity index (χ1v) is 30.0. The van der Waals surface area contributed by atoms with E-state index < -0.39 is 5.97 Å². The molecule has 8 rings (SSSR count). The van der Waals surface area contributed by atoms with Crippen LogP contribution in [0, 0.1) is 0 Å². The van der Waals surface area contributed by atoms with Crippen LogP contribution in [-0.2, 0) is 29.9 Å². The molecule has 0 saturated carbocycles. The number of carbonyl (C=O) groups is 5. The summed E-state index contributed by atoms with van der Waals surface area (Å²) in [5, 5.41) is 19.8. The van der Waals surface area contributed by atoms with Crippen LogP contribution in [0.1, 0.15) is 122 Å². The summed E-state index contributed by atoms with van der Waals surface area (Å²) in [6.07, 6.45) is 2.11. The number of aromatic carboxylic acids is 1. The minimum atomic E-state index is -1.09. The molecule has 15 heteroatoms. The van der Waals surface area contributed by atoms with Gasteiger partial charge in [0.2, 0.25) is 0 Å². The number of para-hydroxylation sites is 1. The SMILES string of the molecule is CCC(C)(C)c1ccc(Oc2cccc(C(=O)CCC(=O)CCC(=O)COCCOCCNC(=O)c3ccccc3Nc3ccc(-c4ccc(Nc5cc(-c6cccc(Oc7ccc(C(C)(C)CC)cc7)c6)ccc5C(=O)O)c(OC)c4)cc3OC)c2)cc1. The van der Waals surface area contributed by atoms with Gasteiger partial charge in [0.25, 0.3) is 5.91 Å². The van der Waals surface area contributed by atoms with Gasteiger partial charge in [-0.15, -0.1) is 0 Å². The maximum Gasteiger partial charge on any atom is 0.337 e. The summed E-state index contributed by atoms with van der Waals surface area (Å²) in [5.74, 6) is 1.55. The Hall–Kier alpha value is -9.57. The molecule has 0 aromatic heterocycles. The number of carbonyl (C=O) groups excluding carboxylic acids is 4. The fourth-order valence-corrected chi connectivity index (χ4v) is 9.75. The fraction of sp³-hybridized carbons (Fsp3) is 0.284. The van der Waals surface area contributed by atoms with Crippen molar-refractivity contribution in [2.75, 3.05) is 57.8 Å². The largest absolute Gasteiger partial charge is 0.495 e. The number of nitrogens with one attached hydrogen (secondary N) is 3. The topological polar surface area (TPSA) is 197 Å². The second kappa shape index (κ2) is 30.9. The van der Waals surface area contributed by atoms with Gasteiger partial charge in [0.05, 0.1) is 67.9 Å². The monoisotopic (exact) mass is 1200 g/mol. The summed E-state index contributed by atoms with van der Waals surface area (Å²) in [4.78, 5) is 64.1. The average molecular weight is 1200 g/mol. The molecule has 462 valence electrons. The van der Waals surface area contributed by atoms with Crippen LogP contribution in [0.15, 0.2) is 176 Å². The third-order valence-corrected chi connectivity index (χ3v) is 16.0. The molecular weight excluding hydrogens is 1120 g/mol. The molecule has 0 fully saturated rings. The van der Waals surface area contributed by atoms with E-state index in [9.17, 15) is 29.1 Å². The van der Waals surface area contributed by atoms with Gasteiger partial charge < -0.3 is 49.5 Å². The van der Waals surface area contributed by atoms with E-state index in [-0.39, 0.29) is 98.3 Å². The van der Waals surface area contributed by atoms with Gasteiger partial charge in [-0.3, -0.25) is 19.2 Å². The first kappa shape index (κ1) is 65.4. The highest BCUT2D eigenvalue weighted by Crippen LogP contribution is 2.40. The lowest BCUT2D eigenvalue weighted by atomic mass is 9.82. The number of amides is 1. The number of carboxylic acids is 1. The van der Waals surface area contributed by atoms with E-state index in [0.29, 0.717) is 62.6 Å².